The summed E-state index contributed by atoms with van der Waals surface area (Å²) in [6.07, 6.45) is -2.42. The average molecular weight is 1120 g/mol. The number of rotatable bonds is 30. The summed E-state index contributed by atoms with van der Waals surface area (Å²) in [6, 6.07) is -0.527. The van der Waals surface area contributed by atoms with Gasteiger partial charge in [-0.05, 0) is 32.1 Å². The van der Waals surface area contributed by atoms with Crippen molar-refractivity contribution in [1.29, 1.82) is 0 Å². The lowest BCUT2D eigenvalue weighted by atomic mass is 9.87. The first-order valence-corrected chi connectivity index (χ1v) is 29.1. The first-order valence-electron chi connectivity index (χ1n) is 22.5. The molecule has 15 N–H and O–H groups in total. The molecule has 30 nitrogen and oxygen atoms in total. The number of ether oxygens (including phenoxy) is 1. The Kier molecular flexibility index (Phi) is 21.8. The Morgan fingerprint density at radius 2 is 1.68 bits per heavy atom. The maximum Gasteiger partial charge on any atom is 0.481 e. The van der Waals surface area contributed by atoms with Crippen molar-refractivity contribution in [3.05, 3.63) is 12.7 Å². The van der Waals surface area contributed by atoms with Crippen molar-refractivity contribution in [2.45, 2.75) is 119 Å². The number of amides is 5. The molecule has 72 heavy (non-hydrogen) atoms. The van der Waals surface area contributed by atoms with Gasteiger partial charge in [0.15, 0.2) is 17.7 Å². The van der Waals surface area contributed by atoms with Crippen molar-refractivity contribution in [1.82, 2.24) is 46.1 Å². The number of thioether (sulfide) groups is 2. The molecule has 3 aliphatic heterocycles. The number of unbranched alkanes of at least 4 members (excludes halogenated alkanes) is 2. The third kappa shape index (κ3) is 17.9. The molecule has 2 aromatic heterocycles. The number of carbonyl (C=O) groups excluding carboxylic acids is 5. The molecule has 406 valence electrons. The van der Waals surface area contributed by atoms with Gasteiger partial charge in [-0.1, -0.05) is 32.0 Å². The van der Waals surface area contributed by atoms with Crippen LogP contribution in [0, 0.1) is 5.41 Å². The minimum Gasteiger partial charge on any atom is -0.386 e. The number of hydrogen-bond acceptors (Lipinski definition) is 22. The highest BCUT2D eigenvalue weighted by Crippen LogP contribution is 2.61. The number of fused-ring (bicyclic) bond motifs is 2. The van der Waals surface area contributed by atoms with Gasteiger partial charge >= 0.3 is 29.5 Å². The molecule has 3 aliphatic rings. The van der Waals surface area contributed by atoms with Crippen LogP contribution < -0.4 is 38.1 Å². The number of carbonyl (C=O) groups is 5. The number of aliphatic hydroxyl groups is 2. The number of phosphoric ester groups is 3. The summed E-state index contributed by atoms with van der Waals surface area (Å²) in [5.74, 6) is -0.471. The monoisotopic (exact) mass is 1120 g/mol. The fraction of sp³-hybridized carbons (Fsp3) is 0.730. The van der Waals surface area contributed by atoms with Crippen LogP contribution in [0.25, 0.3) is 11.2 Å². The molecule has 0 saturated carbocycles. The van der Waals surface area contributed by atoms with Gasteiger partial charge in [-0.25, -0.2) is 33.4 Å². The summed E-state index contributed by atoms with van der Waals surface area (Å²) in [5, 5.41) is 35.4. The number of anilines is 1. The number of aromatic nitrogens is 4. The average Bonchev–Trinajstić information content (AvgIpc) is 4.07. The summed E-state index contributed by atoms with van der Waals surface area (Å²) in [4.78, 5) is 112. The quantitative estimate of drug-likeness (QED) is 0.0254. The lowest BCUT2D eigenvalue weighted by Crippen LogP contribution is -2.46. The largest absolute Gasteiger partial charge is 0.481 e. The van der Waals surface area contributed by atoms with Gasteiger partial charge in [0, 0.05) is 54.6 Å². The van der Waals surface area contributed by atoms with Gasteiger partial charge in [-0.15, -0.1) is 0 Å². The van der Waals surface area contributed by atoms with Crippen molar-refractivity contribution < 1.29 is 90.1 Å². The van der Waals surface area contributed by atoms with Crippen LogP contribution in [0.1, 0.15) is 71.4 Å². The molecule has 5 heterocycles. The van der Waals surface area contributed by atoms with Crippen molar-refractivity contribution in [2.75, 3.05) is 50.1 Å². The van der Waals surface area contributed by atoms with Gasteiger partial charge in [0.25, 0.3) is 0 Å². The standard InChI is InChI=1S/C37H62N11O19P3S2/c1-37(2,17-64-70(61,62)67-69(59,60)63-15-22-29(66-68(56,57)58)28(51)34(65-22)48-19-45-27-31(39)43-18-44-32(27)48)30(52)33(53)42-12-10-25(50)41-13-14-71-35(54)20(38)7-5-6-11-40-24(49)9-4-3-8-23-26-21(16-72-23)46-36(55)47-26/h18-23,26,28-30,34,51-52H,3-17,38H2,1-2H3,(H,40,49)(H,41,50)(H,42,53)(H,59,60)(H,61,62)(H2,39,43,44)(H2,46,47,55)(H2,56,57,58)/t20-,21-,22+,23-,26-,28+,29+,30-,34+/m0/s1. The molecular weight excluding hydrogens is 1060 g/mol. The van der Waals surface area contributed by atoms with Crippen LogP contribution in [-0.2, 0) is 55.5 Å². The molecule has 2 aromatic rings. The zero-order valence-electron chi connectivity index (χ0n) is 39.0. The predicted molar refractivity (Wildman–Crippen MR) is 256 cm³/mol. The van der Waals surface area contributed by atoms with E-state index < -0.39 is 90.6 Å². The summed E-state index contributed by atoms with van der Waals surface area (Å²) < 4.78 is 62.4. The Balaban J connectivity index is 0.914. The van der Waals surface area contributed by atoms with E-state index in [4.69, 9.17) is 25.3 Å². The van der Waals surface area contributed by atoms with Gasteiger partial charge < -0.3 is 72.6 Å². The van der Waals surface area contributed by atoms with Gasteiger partial charge in [-0.2, -0.15) is 16.1 Å². The fourth-order valence-electron chi connectivity index (χ4n) is 7.59. The van der Waals surface area contributed by atoms with Crippen LogP contribution in [-0.4, -0.2) is 170 Å². The lowest BCUT2D eigenvalue weighted by Gasteiger charge is -2.30. The van der Waals surface area contributed by atoms with Crippen molar-refractivity contribution in [3.8, 4) is 0 Å². The minimum absolute atomic E-state index is 0.0202. The number of nitrogens with zero attached hydrogens (tertiary/aromatic N) is 4. The van der Waals surface area contributed by atoms with E-state index in [1.807, 2.05) is 11.8 Å². The molecule has 0 aliphatic carbocycles. The Labute approximate surface area is 420 Å². The molecule has 0 bridgehead atoms. The van der Waals surface area contributed by atoms with E-state index in [-0.39, 0.29) is 71.4 Å². The number of aliphatic hydroxyl groups excluding tert-OH is 2. The second-order valence-electron chi connectivity index (χ2n) is 17.6. The molecule has 0 spiro atoms. The number of nitrogens with two attached hydrogens (primary N) is 2. The number of phosphoric acid groups is 3. The van der Waals surface area contributed by atoms with E-state index in [1.54, 1.807) is 0 Å². The smallest absolute Gasteiger partial charge is 0.386 e. The molecule has 3 saturated heterocycles. The minimum atomic E-state index is -5.60. The van der Waals surface area contributed by atoms with Gasteiger partial charge in [0.2, 0.25) is 22.8 Å². The lowest BCUT2D eigenvalue weighted by molar-refractivity contribution is -0.137. The molecule has 3 fully saturated rings. The van der Waals surface area contributed by atoms with Crippen molar-refractivity contribution >= 4 is 92.8 Å². The summed E-state index contributed by atoms with van der Waals surface area (Å²) in [6.45, 7) is 0.742. The first kappa shape index (κ1) is 59.5. The zero-order chi connectivity index (χ0) is 53.0. The van der Waals surface area contributed by atoms with Gasteiger partial charge in [0.1, 0.15) is 36.3 Å². The number of imidazole rings is 1. The molecule has 5 rings (SSSR count). The summed E-state index contributed by atoms with van der Waals surface area (Å²) in [5.41, 5.74) is 10.2. The molecule has 2 unspecified atom stereocenters. The molecule has 35 heteroatoms. The van der Waals surface area contributed by atoms with E-state index in [0.29, 0.717) is 37.5 Å². The van der Waals surface area contributed by atoms with Crippen LogP contribution in [0.3, 0.4) is 0 Å². The van der Waals surface area contributed by atoms with Crippen LogP contribution in [0.5, 0.6) is 0 Å². The maximum atomic E-state index is 12.8. The highest BCUT2D eigenvalue weighted by Gasteiger charge is 2.50. The van der Waals surface area contributed by atoms with Crippen LogP contribution in [0.15, 0.2) is 12.7 Å². The van der Waals surface area contributed by atoms with Crippen molar-refractivity contribution in [3.63, 3.8) is 0 Å². The van der Waals surface area contributed by atoms with Crippen LogP contribution in [0.2, 0.25) is 0 Å². The van der Waals surface area contributed by atoms with Gasteiger partial charge in [0.05, 0.1) is 37.7 Å². The molecule has 0 radical (unpaired) electrons. The zero-order valence-corrected chi connectivity index (χ0v) is 43.4. The topological polar surface area (TPSA) is 460 Å². The molecule has 5 amide bonds. The second-order valence-corrected chi connectivity index (χ2v) is 24.2. The third-order valence-electron chi connectivity index (χ3n) is 11.4. The number of nitrogen functional groups attached to an aromatic ring is 1. The van der Waals surface area contributed by atoms with Crippen LogP contribution in [0.4, 0.5) is 10.6 Å². The predicted octanol–water partition coefficient (Wildman–Crippen LogP) is -0.996. The Bertz CT molecular complexity index is 2370. The maximum absolute atomic E-state index is 12.8. The Morgan fingerprint density at radius 3 is 2.42 bits per heavy atom. The summed E-state index contributed by atoms with van der Waals surface area (Å²) >= 11 is 2.79. The molecule has 11 atom stereocenters. The van der Waals surface area contributed by atoms with E-state index in [9.17, 15) is 67.5 Å². The highest BCUT2D eigenvalue weighted by atomic mass is 32.2. The molecule has 0 aromatic carbocycles. The normalized spacial score (nSPS) is 24.6. The highest BCUT2D eigenvalue weighted by molar-refractivity contribution is 8.13. The Hall–Kier alpha value is -3.39. The van der Waals surface area contributed by atoms with Crippen molar-refractivity contribution in [2.24, 2.45) is 11.1 Å². The number of urea groups is 1. The van der Waals surface area contributed by atoms with E-state index >= 15 is 0 Å². The number of nitrogens with one attached hydrogen (secondary N) is 5. The number of hydrogen-bond donors (Lipinski definition) is 13. The Morgan fingerprint density at radius 1 is 0.972 bits per heavy atom. The van der Waals surface area contributed by atoms with E-state index in [2.05, 4.69) is 50.4 Å². The summed E-state index contributed by atoms with van der Waals surface area (Å²) in [7, 11) is -16.5. The molecular formula is C37H62N11O19P3S2. The van der Waals surface area contributed by atoms with E-state index in [0.717, 1.165) is 54.0 Å². The van der Waals surface area contributed by atoms with Gasteiger partial charge in [-0.3, -0.25) is 37.3 Å². The van der Waals surface area contributed by atoms with Crippen LogP contribution >= 0.6 is 47.0 Å². The SMILES string of the molecule is CC(C)(COP(=O)(O)OP(=O)(O)OC[C@H]1O[C@@H](n2cnc3c(N)ncnc32)[C@H](O)[C@@H]1OP(=O)(O)O)[C@@H](O)C(=O)NCCC(=O)NCCSC(=O)[C@@H](N)CCCCNC(=O)CCCC[C@@H]1SC[C@@H]2NC(=O)N[C@@H]21. The second kappa shape index (κ2) is 26.4. The fourth-order valence-corrected chi connectivity index (χ4v) is 12.7. The van der Waals surface area contributed by atoms with E-state index in [1.165, 1.54) is 13.8 Å². The third-order valence-corrected chi connectivity index (χ3v) is 17.0. The first-order chi connectivity index (χ1) is 33.8.